The minimum atomic E-state index is -0.283. The minimum absolute atomic E-state index is 0.0370. The smallest absolute Gasteiger partial charge is 0.338 e. The molecule has 4 heteroatoms. The molecular weight excluding hydrogens is 242 g/mol. The normalized spacial score (nSPS) is 30.3. The van der Waals surface area contributed by atoms with E-state index in [2.05, 4.69) is 11.9 Å². The van der Waals surface area contributed by atoms with Crippen molar-refractivity contribution in [3.63, 3.8) is 0 Å². The molecule has 1 unspecified atom stereocenters. The van der Waals surface area contributed by atoms with Crippen LogP contribution in [-0.2, 0) is 4.74 Å². The first-order valence-electron chi connectivity index (χ1n) is 6.85. The van der Waals surface area contributed by atoms with Crippen LogP contribution in [-0.4, -0.2) is 41.2 Å². The highest BCUT2D eigenvalue weighted by Gasteiger charge is 2.39. The van der Waals surface area contributed by atoms with Gasteiger partial charge in [0.15, 0.2) is 0 Å². The van der Waals surface area contributed by atoms with Crippen molar-refractivity contribution in [2.24, 2.45) is 0 Å². The summed E-state index contributed by atoms with van der Waals surface area (Å²) < 4.78 is 5.60. The summed E-state index contributed by atoms with van der Waals surface area (Å²) in [5, 5.41) is 9.21. The van der Waals surface area contributed by atoms with E-state index in [9.17, 15) is 9.90 Å². The minimum Gasteiger partial charge on any atom is -0.508 e. The maximum absolute atomic E-state index is 12.0. The van der Waals surface area contributed by atoms with Crippen molar-refractivity contribution in [1.82, 2.24) is 4.90 Å². The Kier molecular flexibility index (Phi) is 3.19. The molecule has 0 aromatic heterocycles. The van der Waals surface area contributed by atoms with Crippen molar-refractivity contribution in [3.8, 4) is 5.75 Å². The van der Waals surface area contributed by atoms with Gasteiger partial charge in [0.2, 0.25) is 0 Å². The zero-order valence-electron chi connectivity index (χ0n) is 11.1. The summed E-state index contributed by atoms with van der Waals surface area (Å²) >= 11 is 0. The Morgan fingerprint density at radius 3 is 2.37 bits per heavy atom. The van der Waals surface area contributed by atoms with Crippen LogP contribution >= 0.6 is 0 Å². The van der Waals surface area contributed by atoms with Gasteiger partial charge in [-0.3, -0.25) is 0 Å². The van der Waals surface area contributed by atoms with Gasteiger partial charge in [-0.2, -0.15) is 0 Å². The molecule has 1 N–H and O–H groups in total. The summed E-state index contributed by atoms with van der Waals surface area (Å²) in [6, 6.07) is 7.35. The molecule has 2 heterocycles. The van der Waals surface area contributed by atoms with Crippen LogP contribution in [0.25, 0.3) is 0 Å². The number of rotatable bonds is 2. The van der Waals surface area contributed by atoms with Gasteiger partial charge in [0.1, 0.15) is 11.9 Å². The predicted molar refractivity (Wildman–Crippen MR) is 71.1 cm³/mol. The molecule has 102 valence electrons. The van der Waals surface area contributed by atoms with E-state index in [0.29, 0.717) is 17.6 Å². The molecule has 2 saturated heterocycles. The molecule has 2 bridgehead atoms. The molecule has 19 heavy (non-hydrogen) atoms. The number of aromatic hydroxyl groups is 1. The third kappa shape index (κ3) is 2.45. The number of piperidine rings is 1. The number of ether oxygens (including phenoxy) is 1. The summed E-state index contributed by atoms with van der Waals surface area (Å²) in [6.07, 6.45) is 4.35. The Bertz CT molecular complexity index is 457. The van der Waals surface area contributed by atoms with E-state index in [0.717, 1.165) is 12.8 Å². The lowest BCUT2D eigenvalue weighted by Crippen LogP contribution is -2.43. The summed E-state index contributed by atoms with van der Waals surface area (Å²) in [4.78, 5) is 14.4. The van der Waals surface area contributed by atoms with E-state index < -0.39 is 0 Å². The van der Waals surface area contributed by atoms with Crippen LogP contribution in [0.15, 0.2) is 24.3 Å². The number of phenols is 1. The Labute approximate surface area is 113 Å². The van der Waals surface area contributed by atoms with Gasteiger partial charge in [0.05, 0.1) is 5.56 Å². The van der Waals surface area contributed by atoms with Crippen molar-refractivity contribution in [3.05, 3.63) is 29.8 Å². The molecule has 2 aliphatic rings. The van der Waals surface area contributed by atoms with Gasteiger partial charge < -0.3 is 14.7 Å². The number of hydrogen-bond donors (Lipinski definition) is 1. The Balaban J connectivity index is 1.63. The van der Waals surface area contributed by atoms with Crippen LogP contribution in [0.2, 0.25) is 0 Å². The number of hydrogen-bond acceptors (Lipinski definition) is 4. The second kappa shape index (κ2) is 4.85. The van der Waals surface area contributed by atoms with Gasteiger partial charge in [0.25, 0.3) is 0 Å². The van der Waals surface area contributed by atoms with E-state index in [4.69, 9.17) is 4.74 Å². The number of fused-ring (bicyclic) bond motifs is 2. The average molecular weight is 261 g/mol. The molecule has 0 radical (unpaired) electrons. The fourth-order valence-corrected chi connectivity index (χ4v) is 3.27. The monoisotopic (exact) mass is 261 g/mol. The standard InChI is InChI=1S/C15H19NO3/c1-16-11-4-5-12(16)9-14(8-11)19-15(18)10-2-6-13(17)7-3-10/h2-3,6-7,11-12,14,17H,4-5,8-9H2,1H3/t11-,12+,14?. The fraction of sp³-hybridized carbons (Fsp3) is 0.533. The van der Waals surface area contributed by atoms with E-state index in [1.165, 1.54) is 25.0 Å². The van der Waals surface area contributed by atoms with Crippen molar-refractivity contribution in [2.45, 2.75) is 43.9 Å². The molecule has 2 aliphatic heterocycles. The lowest BCUT2D eigenvalue weighted by atomic mass is 10.0. The van der Waals surface area contributed by atoms with E-state index >= 15 is 0 Å². The molecule has 3 atom stereocenters. The topological polar surface area (TPSA) is 49.8 Å². The van der Waals surface area contributed by atoms with E-state index in [1.54, 1.807) is 12.1 Å². The zero-order chi connectivity index (χ0) is 13.4. The van der Waals surface area contributed by atoms with Crippen molar-refractivity contribution < 1.29 is 14.6 Å². The average Bonchev–Trinajstić information content (AvgIpc) is 2.63. The maximum atomic E-state index is 12.0. The number of nitrogens with zero attached hydrogens (tertiary/aromatic N) is 1. The van der Waals surface area contributed by atoms with E-state index in [-0.39, 0.29) is 17.8 Å². The fourth-order valence-electron chi connectivity index (χ4n) is 3.27. The first-order valence-corrected chi connectivity index (χ1v) is 6.85. The molecule has 4 nitrogen and oxygen atoms in total. The van der Waals surface area contributed by atoms with Gasteiger partial charge in [-0.1, -0.05) is 0 Å². The van der Waals surface area contributed by atoms with Crippen molar-refractivity contribution in [2.75, 3.05) is 7.05 Å². The number of carbonyl (C=O) groups is 1. The van der Waals surface area contributed by atoms with Crippen molar-refractivity contribution in [1.29, 1.82) is 0 Å². The van der Waals surface area contributed by atoms with Crippen LogP contribution in [0, 0.1) is 0 Å². The maximum Gasteiger partial charge on any atom is 0.338 e. The SMILES string of the molecule is CN1[C@@H]2CC[C@H]1CC(OC(=O)c1ccc(O)cc1)C2. The summed E-state index contributed by atoms with van der Waals surface area (Å²) in [7, 11) is 2.17. The second-order valence-corrected chi connectivity index (χ2v) is 5.60. The largest absolute Gasteiger partial charge is 0.508 e. The predicted octanol–water partition coefficient (Wildman–Crippen LogP) is 2.17. The number of benzene rings is 1. The molecule has 0 spiro atoms. The summed E-state index contributed by atoms with van der Waals surface area (Å²) in [6.45, 7) is 0. The molecule has 0 saturated carbocycles. The molecule has 1 aromatic rings. The molecule has 3 rings (SSSR count). The number of esters is 1. The Morgan fingerprint density at radius 2 is 1.79 bits per heavy atom. The summed E-state index contributed by atoms with van der Waals surface area (Å²) in [5.74, 6) is -0.122. The highest BCUT2D eigenvalue weighted by Crippen LogP contribution is 2.35. The van der Waals surface area contributed by atoms with Crippen LogP contribution in [0.4, 0.5) is 0 Å². The highest BCUT2D eigenvalue weighted by molar-refractivity contribution is 5.89. The van der Waals surface area contributed by atoms with Gasteiger partial charge in [-0.15, -0.1) is 0 Å². The van der Waals surface area contributed by atoms with Gasteiger partial charge in [0, 0.05) is 24.9 Å². The molecular formula is C15H19NO3. The zero-order valence-corrected chi connectivity index (χ0v) is 11.1. The Hall–Kier alpha value is -1.55. The lowest BCUT2D eigenvalue weighted by Gasteiger charge is -2.35. The van der Waals surface area contributed by atoms with Crippen LogP contribution < -0.4 is 0 Å². The van der Waals surface area contributed by atoms with Gasteiger partial charge in [-0.05, 0) is 44.2 Å². The van der Waals surface area contributed by atoms with Crippen LogP contribution in [0.3, 0.4) is 0 Å². The molecule has 0 aliphatic carbocycles. The van der Waals surface area contributed by atoms with Crippen LogP contribution in [0.5, 0.6) is 5.75 Å². The second-order valence-electron chi connectivity index (χ2n) is 5.60. The quantitative estimate of drug-likeness (QED) is 0.829. The van der Waals surface area contributed by atoms with E-state index in [1.807, 2.05) is 0 Å². The third-order valence-electron chi connectivity index (χ3n) is 4.43. The number of carbonyl (C=O) groups excluding carboxylic acids is 1. The van der Waals surface area contributed by atoms with Crippen LogP contribution in [0.1, 0.15) is 36.0 Å². The Morgan fingerprint density at radius 1 is 1.21 bits per heavy atom. The third-order valence-corrected chi connectivity index (χ3v) is 4.43. The lowest BCUT2D eigenvalue weighted by molar-refractivity contribution is -0.000447. The summed E-state index contributed by atoms with van der Waals surface area (Å²) in [5.41, 5.74) is 0.504. The van der Waals surface area contributed by atoms with Crippen molar-refractivity contribution >= 4 is 5.97 Å². The number of phenolic OH excluding ortho intramolecular Hbond substituents is 1. The molecule has 0 amide bonds. The van der Waals surface area contributed by atoms with Gasteiger partial charge in [-0.25, -0.2) is 4.79 Å². The first kappa shape index (κ1) is 12.5. The highest BCUT2D eigenvalue weighted by atomic mass is 16.5. The van der Waals surface area contributed by atoms with Gasteiger partial charge >= 0.3 is 5.97 Å². The molecule has 1 aromatic carbocycles. The first-order chi connectivity index (χ1) is 9.13. The molecule has 2 fully saturated rings.